The van der Waals surface area contributed by atoms with Gasteiger partial charge in [0.25, 0.3) is 5.91 Å². The van der Waals surface area contributed by atoms with Crippen LogP contribution in [0.3, 0.4) is 0 Å². The van der Waals surface area contributed by atoms with Gasteiger partial charge in [0.2, 0.25) is 0 Å². The lowest BCUT2D eigenvalue weighted by molar-refractivity contribution is 0.102. The van der Waals surface area contributed by atoms with Crippen LogP contribution in [0.4, 0.5) is 5.69 Å². The van der Waals surface area contributed by atoms with Crippen LogP contribution < -0.4 is 10.1 Å². The molecule has 3 aromatic carbocycles. The molecule has 4 nitrogen and oxygen atoms in total. The van der Waals surface area contributed by atoms with E-state index in [2.05, 4.69) is 22.1 Å². The third-order valence-electron chi connectivity index (χ3n) is 4.20. The zero-order chi connectivity index (χ0) is 20.6. The minimum atomic E-state index is -0.219. The molecule has 30 heavy (non-hydrogen) atoms. The van der Waals surface area contributed by atoms with Crippen molar-refractivity contribution in [2.24, 2.45) is 0 Å². The summed E-state index contributed by atoms with van der Waals surface area (Å²) >= 11 is 0. The van der Waals surface area contributed by atoms with Crippen LogP contribution in [0.15, 0.2) is 103 Å². The second-order valence-corrected chi connectivity index (χ2v) is 6.44. The molecular formula is C26H18N2O2. The number of pyridine rings is 1. The maximum atomic E-state index is 12.7. The summed E-state index contributed by atoms with van der Waals surface area (Å²) in [5, 5.41) is 2.91. The van der Waals surface area contributed by atoms with Crippen molar-refractivity contribution in [2.75, 3.05) is 5.32 Å². The highest BCUT2D eigenvalue weighted by molar-refractivity contribution is 6.04. The second-order valence-electron chi connectivity index (χ2n) is 6.44. The van der Waals surface area contributed by atoms with Gasteiger partial charge in [0.05, 0.1) is 0 Å². The first-order chi connectivity index (χ1) is 14.8. The van der Waals surface area contributed by atoms with Crippen molar-refractivity contribution < 1.29 is 9.53 Å². The zero-order valence-electron chi connectivity index (χ0n) is 16.1. The summed E-state index contributed by atoms with van der Waals surface area (Å²) in [5.41, 5.74) is 2.66. The molecule has 4 heteroatoms. The fourth-order valence-electron chi connectivity index (χ4n) is 2.78. The summed E-state index contributed by atoms with van der Waals surface area (Å²) in [5.74, 6) is 7.18. The number of rotatable bonds is 4. The van der Waals surface area contributed by atoms with Gasteiger partial charge in [0.15, 0.2) is 0 Å². The molecule has 0 radical (unpaired) electrons. The molecule has 1 heterocycles. The summed E-state index contributed by atoms with van der Waals surface area (Å²) in [6, 6.07) is 29.5. The number of carbonyl (C=O) groups excluding carboxylic acids is 1. The predicted molar refractivity (Wildman–Crippen MR) is 118 cm³/mol. The van der Waals surface area contributed by atoms with Gasteiger partial charge >= 0.3 is 0 Å². The van der Waals surface area contributed by atoms with Gasteiger partial charge in [-0.3, -0.25) is 4.79 Å². The van der Waals surface area contributed by atoms with Gasteiger partial charge in [0.1, 0.15) is 17.2 Å². The lowest BCUT2D eigenvalue weighted by atomic mass is 10.1. The van der Waals surface area contributed by atoms with Crippen molar-refractivity contribution in [1.82, 2.24) is 4.98 Å². The zero-order valence-corrected chi connectivity index (χ0v) is 16.1. The summed E-state index contributed by atoms with van der Waals surface area (Å²) < 4.78 is 5.81. The van der Waals surface area contributed by atoms with Gasteiger partial charge in [-0.05, 0) is 66.6 Å². The Hall–Kier alpha value is -4.36. The van der Waals surface area contributed by atoms with E-state index in [9.17, 15) is 4.79 Å². The summed E-state index contributed by atoms with van der Waals surface area (Å²) in [7, 11) is 0. The topological polar surface area (TPSA) is 51.2 Å². The highest BCUT2D eigenvalue weighted by Gasteiger charge is 2.08. The molecule has 144 valence electrons. The summed E-state index contributed by atoms with van der Waals surface area (Å²) in [6.45, 7) is 0. The molecule has 0 bridgehead atoms. The first-order valence-corrected chi connectivity index (χ1v) is 9.44. The molecule has 4 aromatic rings. The molecule has 0 fully saturated rings. The van der Waals surface area contributed by atoms with E-state index in [-0.39, 0.29) is 5.91 Å². The summed E-state index contributed by atoms with van der Waals surface area (Å²) in [4.78, 5) is 16.9. The Morgan fingerprint density at radius 1 is 0.767 bits per heavy atom. The van der Waals surface area contributed by atoms with Gasteiger partial charge in [-0.1, -0.05) is 42.3 Å². The van der Waals surface area contributed by atoms with E-state index in [0.29, 0.717) is 28.4 Å². The molecule has 1 N–H and O–H groups in total. The Morgan fingerprint density at radius 3 is 2.40 bits per heavy atom. The lowest BCUT2D eigenvalue weighted by Gasteiger charge is -2.09. The lowest BCUT2D eigenvalue weighted by Crippen LogP contribution is -2.11. The van der Waals surface area contributed by atoms with E-state index in [1.165, 1.54) is 0 Å². The van der Waals surface area contributed by atoms with Crippen molar-refractivity contribution in [2.45, 2.75) is 0 Å². The molecule has 0 aliphatic carbocycles. The Morgan fingerprint density at radius 2 is 1.57 bits per heavy atom. The molecule has 4 rings (SSSR count). The number of hydrogen-bond donors (Lipinski definition) is 1. The molecule has 0 aliphatic rings. The van der Waals surface area contributed by atoms with Gasteiger partial charge in [-0.15, -0.1) is 0 Å². The predicted octanol–water partition coefficient (Wildman–Crippen LogP) is 5.53. The Balaban J connectivity index is 1.47. The van der Waals surface area contributed by atoms with Gasteiger partial charge in [-0.25, -0.2) is 4.98 Å². The van der Waals surface area contributed by atoms with Crippen molar-refractivity contribution in [3.63, 3.8) is 0 Å². The monoisotopic (exact) mass is 390 g/mol. The Kier molecular flexibility index (Phi) is 5.83. The molecule has 0 saturated heterocycles. The molecule has 0 aliphatic heterocycles. The van der Waals surface area contributed by atoms with Gasteiger partial charge in [0, 0.05) is 23.0 Å². The number of amides is 1. The third kappa shape index (κ3) is 5.12. The van der Waals surface area contributed by atoms with E-state index >= 15 is 0 Å². The van der Waals surface area contributed by atoms with Gasteiger partial charge in [-0.2, -0.15) is 0 Å². The van der Waals surface area contributed by atoms with Crippen LogP contribution in [-0.2, 0) is 0 Å². The normalized spacial score (nSPS) is 9.87. The van der Waals surface area contributed by atoms with Crippen LogP contribution in [0.25, 0.3) is 0 Å². The number of benzene rings is 3. The van der Waals surface area contributed by atoms with Crippen LogP contribution in [0.1, 0.15) is 21.6 Å². The number of nitrogens with zero attached hydrogens (tertiary/aromatic N) is 1. The van der Waals surface area contributed by atoms with Crippen molar-refractivity contribution in [3.8, 4) is 23.3 Å². The van der Waals surface area contributed by atoms with Crippen molar-refractivity contribution in [1.29, 1.82) is 0 Å². The molecular weight excluding hydrogens is 372 g/mol. The number of nitrogens with one attached hydrogen (secondary N) is 1. The Labute approximate surface area is 175 Å². The Bertz CT molecular complexity index is 1210. The third-order valence-corrected chi connectivity index (χ3v) is 4.20. The van der Waals surface area contributed by atoms with Crippen LogP contribution in [-0.4, -0.2) is 10.9 Å². The van der Waals surface area contributed by atoms with E-state index in [1.807, 2.05) is 78.9 Å². The summed E-state index contributed by atoms with van der Waals surface area (Å²) in [6.07, 6.45) is 1.70. The maximum Gasteiger partial charge on any atom is 0.255 e. The number of para-hydroxylation sites is 1. The molecule has 1 aromatic heterocycles. The number of aromatic nitrogens is 1. The van der Waals surface area contributed by atoms with Crippen LogP contribution in [0.2, 0.25) is 0 Å². The highest BCUT2D eigenvalue weighted by Crippen LogP contribution is 2.22. The number of carbonyl (C=O) groups is 1. The number of ether oxygens (including phenoxy) is 1. The minimum Gasteiger partial charge on any atom is -0.457 e. The quantitative estimate of drug-likeness (QED) is 0.467. The van der Waals surface area contributed by atoms with Gasteiger partial charge < -0.3 is 10.1 Å². The van der Waals surface area contributed by atoms with Crippen molar-refractivity contribution >= 4 is 11.6 Å². The molecule has 0 unspecified atom stereocenters. The average Bonchev–Trinajstić information content (AvgIpc) is 2.79. The first-order valence-electron chi connectivity index (χ1n) is 9.44. The first kappa shape index (κ1) is 19.0. The standard InChI is InChI=1S/C26H18N2O2/c29-26(21-9-7-14-25(19-21)30-24-12-2-1-3-13-24)28-23-11-6-8-20(18-23)15-16-22-10-4-5-17-27-22/h1-14,17-19H,(H,28,29). The van der Waals surface area contributed by atoms with Crippen LogP contribution in [0.5, 0.6) is 11.5 Å². The smallest absolute Gasteiger partial charge is 0.255 e. The molecule has 1 amide bonds. The molecule has 0 spiro atoms. The van der Waals surface area contributed by atoms with E-state index < -0.39 is 0 Å². The fourth-order valence-corrected chi connectivity index (χ4v) is 2.78. The SMILES string of the molecule is O=C(Nc1cccc(C#Cc2ccccn2)c1)c1cccc(Oc2ccccc2)c1. The maximum absolute atomic E-state index is 12.7. The van der Waals surface area contributed by atoms with E-state index in [1.54, 1.807) is 24.4 Å². The van der Waals surface area contributed by atoms with Crippen LogP contribution >= 0.6 is 0 Å². The number of hydrogen-bond acceptors (Lipinski definition) is 3. The largest absolute Gasteiger partial charge is 0.457 e. The minimum absolute atomic E-state index is 0.219. The van der Waals surface area contributed by atoms with E-state index in [4.69, 9.17) is 4.74 Å². The van der Waals surface area contributed by atoms with E-state index in [0.717, 1.165) is 5.56 Å². The number of anilines is 1. The molecule has 0 saturated carbocycles. The fraction of sp³-hybridized carbons (Fsp3) is 0. The molecule has 0 atom stereocenters. The average molecular weight is 390 g/mol. The second kappa shape index (κ2) is 9.22. The van der Waals surface area contributed by atoms with Crippen molar-refractivity contribution in [3.05, 3.63) is 120 Å². The highest BCUT2D eigenvalue weighted by atomic mass is 16.5. The van der Waals surface area contributed by atoms with Crippen LogP contribution in [0, 0.1) is 11.8 Å².